The highest BCUT2D eigenvalue weighted by molar-refractivity contribution is 5.76. The third kappa shape index (κ3) is 3.17. The average molecular weight is 377 g/mol. The molecule has 0 atom stereocenters. The van der Waals surface area contributed by atoms with E-state index in [9.17, 15) is 9.59 Å². The maximum Gasteiger partial charge on any atom is 0.267 e. The van der Waals surface area contributed by atoms with E-state index in [-0.39, 0.29) is 23.6 Å². The SMILES string of the molecule is Cc1ccccc1-c1ccc(=O)n(CC(=O)NC23CC4CC(CC(C4)C2)C3)n1. The highest BCUT2D eigenvalue weighted by Crippen LogP contribution is 2.55. The van der Waals surface area contributed by atoms with Crippen molar-refractivity contribution in [3.8, 4) is 11.3 Å². The number of hydrogen-bond donors (Lipinski definition) is 1. The maximum absolute atomic E-state index is 12.9. The van der Waals surface area contributed by atoms with Crippen LogP contribution >= 0.6 is 0 Å². The highest BCUT2D eigenvalue weighted by atomic mass is 16.2. The number of rotatable bonds is 4. The molecule has 5 nitrogen and oxygen atoms in total. The lowest BCUT2D eigenvalue weighted by molar-refractivity contribution is -0.127. The molecule has 2 aromatic rings. The summed E-state index contributed by atoms with van der Waals surface area (Å²) in [6, 6.07) is 11.2. The fourth-order valence-corrected chi connectivity index (χ4v) is 6.30. The molecular formula is C23H27N3O2. The Labute approximate surface area is 165 Å². The third-order valence-corrected chi connectivity index (χ3v) is 7.02. The molecular weight excluding hydrogens is 350 g/mol. The number of aryl methyl sites for hydroxylation is 1. The first-order valence-corrected chi connectivity index (χ1v) is 10.4. The van der Waals surface area contributed by atoms with Gasteiger partial charge in [0.25, 0.3) is 5.56 Å². The van der Waals surface area contributed by atoms with Crippen LogP contribution in [0.5, 0.6) is 0 Å². The van der Waals surface area contributed by atoms with Gasteiger partial charge in [-0.05, 0) is 74.8 Å². The molecule has 1 aromatic carbocycles. The Morgan fingerprint density at radius 1 is 1.07 bits per heavy atom. The van der Waals surface area contributed by atoms with Crippen LogP contribution in [0.2, 0.25) is 0 Å². The Morgan fingerprint density at radius 2 is 1.71 bits per heavy atom. The smallest absolute Gasteiger partial charge is 0.267 e. The first-order valence-electron chi connectivity index (χ1n) is 10.4. The topological polar surface area (TPSA) is 64.0 Å². The molecule has 1 amide bonds. The van der Waals surface area contributed by atoms with Crippen LogP contribution < -0.4 is 10.9 Å². The Hall–Kier alpha value is -2.43. The van der Waals surface area contributed by atoms with Gasteiger partial charge in [0.15, 0.2) is 0 Å². The van der Waals surface area contributed by atoms with Crippen molar-refractivity contribution >= 4 is 5.91 Å². The molecule has 4 aliphatic rings. The van der Waals surface area contributed by atoms with Crippen molar-refractivity contribution in [2.24, 2.45) is 17.8 Å². The van der Waals surface area contributed by atoms with Gasteiger partial charge < -0.3 is 5.32 Å². The van der Waals surface area contributed by atoms with Gasteiger partial charge in [-0.15, -0.1) is 0 Å². The Balaban J connectivity index is 1.35. The van der Waals surface area contributed by atoms with Crippen LogP contribution in [-0.2, 0) is 11.3 Å². The van der Waals surface area contributed by atoms with Gasteiger partial charge in [-0.25, -0.2) is 4.68 Å². The second-order valence-electron chi connectivity index (χ2n) is 9.28. The van der Waals surface area contributed by atoms with Crippen molar-refractivity contribution in [2.45, 2.75) is 57.5 Å². The minimum absolute atomic E-state index is 0.0136. The number of carbonyl (C=O) groups is 1. The lowest BCUT2D eigenvalue weighted by Crippen LogP contribution is -2.60. The minimum atomic E-state index is -0.238. The van der Waals surface area contributed by atoms with E-state index in [2.05, 4.69) is 10.4 Å². The fourth-order valence-electron chi connectivity index (χ4n) is 6.30. The molecule has 6 rings (SSSR count). The van der Waals surface area contributed by atoms with Gasteiger partial charge in [-0.1, -0.05) is 24.3 Å². The largest absolute Gasteiger partial charge is 0.349 e. The first-order chi connectivity index (χ1) is 13.5. The summed E-state index contributed by atoms with van der Waals surface area (Å²) in [5, 5.41) is 7.81. The number of benzene rings is 1. The molecule has 4 bridgehead atoms. The molecule has 0 saturated heterocycles. The van der Waals surface area contributed by atoms with E-state index in [1.807, 2.05) is 31.2 Å². The molecule has 4 saturated carbocycles. The highest BCUT2D eigenvalue weighted by Gasteiger charge is 2.51. The Kier molecular flexibility index (Phi) is 4.14. The van der Waals surface area contributed by atoms with Crippen LogP contribution in [0.1, 0.15) is 44.1 Å². The average Bonchev–Trinajstić information content (AvgIpc) is 2.62. The van der Waals surface area contributed by atoms with Crippen molar-refractivity contribution in [1.82, 2.24) is 15.1 Å². The van der Waals surface area contributed by atoms with Crippen LogP contribution in [0.3, 0.4) is 0 Å². The van der Waals surface area contributed by atoms with Crippen LogP contribution in [-0.4, -0.2) is 21.2 Å². The van der Waals surface area contributed by atoms with Crippen molar-refractivity contribution in [2.75, 3.05) is 0 Å². The summed E-state index contributed by atoms with van der Waals surface area (Å²) in [4.78, 5) is 25.2. The Bertz CT molecular complexity index is 943. The predicted octanol–water partition coefficient (Wildman–Crippen LogP) is 3.30. The quantitative estimate of drug-likeness (QED) is 0.889. The van der Waals surface area contributed by atoms with Crippen LogP contribution in [0.15, 0.2) is 41.2 Å². The van der Waals surface area contributed by atoms with Gasteiger partial charge >= 0.3 is 0 Å². The van der Waals surface area contributed by atoms with E-state index >= 15 is 0 Å². The molecule has 0 unspecified atom stereocenters. The van der Waals surface area contributed by atoms with Crippen molar-refractivity contribution < 1.29 is 4.79 Å². The van der Waals surface area contributed by atoms with Gasteiger partial charge in [0.2, 0.25) is 5.91 Å². The normalized spacial score (nSPS) is 30.4. The molecule has 5 heteroatoms. The summed E-state index contributed by atoms with van der Waals surface area (Å²) < 4.78 is 1.30. The van der Waals surface area contributed by atoms with Gasteiger partial charge in [0.05, 0.1) is 5.69 Å². The summed E-state index contributed by atoms with van der Waals surface area (Å²) in [6.07, 6.45) is 7.35. The minimum Gasteiger partial charge on any atom is -0.349 e. The summed E-state index contributed by atoms with van der Waals surface area (Å²) in [5.41, 5.74) is 2.53. The zero-order valence-corrected chi connectivity index (χ0v) is 16.4. The van der Waals surface area contributed by atoms with Gasteiger partial charge in [-0.3, -0.25) is 9.59 Å². The lowest BCUT2D eigenvalue weighted by Gasteiger charge is -2.56. The van der Waals surface area contributed by atoms with Crippen molar-refractivity contribution in [3.63, 3.8) is 0 Å². The lowest BCUT2D eigenvalue weighted by atomic mass is 9.53. The third-order valence-electron chi connectivity index (χ3n) is 7.02. The molecule has 28 heavy (non-hydrogen) atoms. The number of nitrogens with zero attached hydrogens (tertiary/aromatic N) is 2. The predicted molar refractivity (Wildman–Crippen MR) is 108 cm³/mol. The zero-order valence-electron chi connectivity index (χ0n) is 16.4. The Morgan fingerprint density at radius 3 is 2.36 bits per heavy atom. The summed E-state index contributed by atoms with van der Waals surface area (Å²) in [7, 11) is 0. The van der Waals surface area contributed by atoms with E-state index in [1.54, 1.807) is 6.07 Å². The fraction of sp³-hybridized carbons (Fsp3) is 0.522. The number of amides is 1. The molecule has 0 radical (unpaired) electrons. The molecule has 1 heterocycles. The van der Waals surface area contributed by atoms with Crippen molar-refractivity contribution in [1.29, 1.82) is 0 Å². The summed E-state index contributed by atoms with van der Waals surface area (Å²) in [5.74, 6) is 2.24. The molecule has 0 spiro atoms. The van der Waals surface area contributed by atoms with E-state index in [4.69, 9.17) is 0 Å². The molecule has 1 N–H and O–H groups in total. The van der Waals surface area contributed by atoms with Crippen LogP contribution in [0, 0.1) is 24.7 Å². The second-order valence-corrected chi connectivity index (χ2v) is 9.28. The molecule has 0 aliphatic heterocycles. The number of carbonyl (C=O) groups excluding carboxylic acids is 1. The van der Waals surface area contributed by atoms with Crippen molar-refractivity contribution in [3.05, 3.63) is 52.3 Å². The van der Waals surface area contributed by atoms with Crippen LogP contribution in [0.4, 0.5) is 0 Å². The second kappa shape index (κ2) is 6.57. The molecule has 4 aliphatic carbocycles. The molecule has 146 valence electrons. The van der Waals surface area contributed by atoms with Gasteiger partial charge in [0, 0.05) is 17.2 Å². The molecule has 4 fully saturated rings. The van der Waals surface area contributed by atoms with Crippen LogP contribution in [0.25, 0.3) is 11.3 Å². The number of hydrogen-bond acceptors (Lipinski definition) is 3. The standard InChI is InChI=1S/C23H27N3O2/c1-15-4-2-3-5-19(15)20-6-7-22(28)26(25-20)14-21(27)24-23-11-16-8-17(12-23)10-18(9-16)13-23/h2-7,16-18H,8-14H2,1H3,(H,24,27). The van der Waals surface area contributed by atoms with Gasteiger partial charge in [-0.2, -0.15) is 5.10 Å². The number of aromatic nitrogens is 2. The van der Waals surface area contributed by atoms with E-state index < -0.39 is 0 Å². The zero-order chi connectivity index (χ0) is 19.3. The van der Waals surface area contributed by atoms with E-state index in [0.717, 1.165) is 53.8 Å². The molecule has 1 aromatic heterocycles. The van der Waals surface area contributed by atoms with E-state index in [0.29, 0.717) is 0 Å². The summed E-state index contributed by atoms with van der Waals surface area (Å²) >= 11 is 0. The summed E-state index contributed by atoms with van der Waals surface area (Å²) in [6.45, 7) is 2.01. The maximum atomic E-state index is 12.9. The monoisotopic (exact) mass is 377 g/mol. The van der Waals surface area contributed by atoms with E-state index in [1.165, 1.54) is 30.0 Å². The van der Waals surface area contributed by atoms with Gasteiger partial charge in [0.1, 0.15) is 6.54 Å². The first kappa shape index (κ1) is 17.7. The number of nitrogens with one attached hydrogen (secondary N) is 1.